The highest BCUT2D eigenvalue weighted by atomic mass is 35.5. The number of hydrogen-bond donors (Lipinski definition) is 1. The Kier molecular flexibility index (Phi) is 8.81. The van der Waals surface area contributed by atoms with Gasteiger partial charge in [-0.1, -0.05) is 6.08 Å². The van der Waals surface area contributed by atoms with Crippen LogP contribution in [0.2, 0.25) is 0 Å². The molecule has 0 aliphatic rings. The summed E-state index contributed by atoms with van der Waals surface area (Å²) in [6, 6.07) is 0. The molecule has 0 aromatic rings. The van der Waals surface area contributed by atoms with Gasteiger partial charge in [0.05, 0.1) is 6.61 Å². The Morgan fingerprint density at radius 1 is 1.40 bits per heavy atom. The van der Waals surface area contributed by atoms with E-state index >= 15 is 0 Å². The van der Waals surface area contributed by atoms with E-state index in [4.69, 9.17) is 33.2 Å². The van der Waals surface area contributed by atoms with Crippen LogP contribution >= 0.6 is 30.9 Å². The van der Waals surface area contributed by atoms with Gasteiger partial charge in [-0.3, -0.25) is 4.57 Å². The fourth-order valence-electron chi connectivity index (χ4n) is 0.934. The summed E-state index contributed by atoms with van der Waals surface area (Å²) in [5.74, 6) is 0.672. The van der Waals surface area contributed by atoms with Crippen LogP contribution in [-0.4, -0.2) is 36.1 Å². The van der Waals surface area contributed by atoms with E-state index in [-0.39, 0.29) is 0 Å². The van der Waals surface area contributed by atoms with Crippen molar-refractivity contribution in [3.05, 3.63) is 12.7 Å². The zero-order valence-corrected chi connectivity index (χ0v) is 11.0. The van der Waals surface area contributed by atoms with E-state index in [0.717, 1.165) is 0 Å². The first-order chi connectivity index (χ1) is 7.08. The van der Waals surface area contributed by atoms with E-state index in [2.05, 4.69) is 6.58 Å². The monoisotopic (exact) mass is 274 g/mol. The molecule has 15 heavy (non-hydrogen) atoms. The first-order valence-corrected chi connectivity index (χ1v) is 7.31. The molecule has 0 bridgehead atoms. The van der Waals surface area contributed by atoms with Crippen molar-refractivity contribution in [3.8, 4) is 0 Å². The summed E-state index contributed by atoms with van der Waals surface area (Å²) in [6.07, 6.45) is 2.28. The predicted molar refractivity (Wildman–Crippen MR) is 65.6 cm³/mol. The third-order valence-corrected chi connectivity index (χ3v) is 3.76. The van der Waals surface area contributed by atoms with Crippen LogP contribution in [0, 0.1) is 0 Å². The van der Waals surface area contributed by atoms with Gasteiger partial charge in [0.1, 0.15) is 0 Å². The minimum atomic E-state index is -3.25. The van der Waals surface area contributed by atoms with Crippen molar-refractivity contribution in [2.45, 2.75) is 6.42 Å². The summed E-state index contributed by atoms with van der Waals surface area (Å²) < 4.78 is 18.5. The van der Waals surface area contributed by atoms with Crippen LogP contribution in [0.25, 0.3) is 0 Å². The molecule has 0 spiro atoms. The second-order valence-electron chi connectivity index (χ2n) is 2.81. The molecule has 0 rings (SSSR count). The average molecular weight is 275 g/mol. The van der Waals surface area contributed by atoms with Gasteiger partial charge >= 0.3 is 7.67 Å². The Bertz CT molecular complexity index is 223. The van der Waals surface area contributed by atoms with Crippen molar-refractivity contribution in [2.75, 3.05) is 31.5 Å². The maximum absolute atomic E-state index is 11.9. The van der Waals surface area contributed by atoms with Crippen LogP contribution in [0.1, 0.15) is 6.42 Å². The highest BCUT2D eigenvalue weighted by Gasteiger charge is 2.25. The van der Waals surface area contributed by atoms with Crippen molar-refractivity contribution >= 4 is 30.9 Å². The van der Waals surface area contributed by atoms with Crippen molar-refractivity contribution in [1.29, 1.82) is 0 Å². The zero-order chi connectivity index (χ0) is 11.7. The fourth-order valence-corrected chi connectivity index (χ4v) is 2.87. The second kappa shape index (κ2) is 8.57. The summed E-state index contributed by atoms with van der Waals surface area (Å²) in [7, 11) is -3.25. The summed E-state index contributed by atoms with van der Waals surface area (Å²) in [5, 5.41) is 0. The molecule has 0 unspecified atom stereocenters. The largest absolute Gasteiger partial charge is 0.340 e. The lowest BCUT2D eigenvalue weighted by molar-refractivity contribution is 0.270. The van der Waals surface area contributed by atoms with Crippen LogP contribution in [0.15, 0.2) is 12.7 Å². The lowest BCUT2D eigenvalue weighted by Gasteiger charge is -2.26. The van der Waals surface area contributed by atoms with Gasteiger partial charge in [-0.25, -0.2) is 10.2 Å². The van der Waals surface area contributed by atoms with E-state index < -0.39 is 7.67 Å². The number of nitrogens with zero attached hydrogens (tertiary/aromatic N) is 1. The molecule has 0 radical (unpaired) electrons. The average Bonchev–Trinajstić information content (AvgIpc) is 2.18. The topological polar surface area (TPSA) is 55.6 Å². The van der Waals surface area contributed by atoms with Gasteiger partial charge in [0, 0.05) is 24.8 Å². The molecule has 2 N–H and O–H groups in total. The summed E-state index contributed by atoms with van der Waals surface area (Å²) in [5.41, 5.74) is 5.58. The molecule has 0 fully saturated rings. The lowest BCUT2D eigenvalue weighted by atomic mass is 10.5. The van der Waals surface area contributed by atoms with Gasteiger partial charge in [-0.2, -0.15) is 0 Å². The van der Waals surface area contributed by atoms with Crippen LogP contribution < -0.4 is 5.50 Å². The Hall–Kier alpha value is 0.430. The van der Waals surface area contributed by atoms with Gasteiger partial charge in [-0.15, -0.1) is 29.8 Å². The summed E-state index contributed by atoms with van der Waals surface area (Å²) >= 11 is 11.1. The molecule has 1 atom stereocenters. The minimum Gasteiger partial charge on any atom is -0.306 e. The second-order valence-corrected chi connectivity index (χ2v) is 5.51. The SMILES string of the molecule is C=CCCO[P@@](N)(=O)N(CCCl)CCCl. The number of rotatable bonds is 9. The maximum Gasteiger partial charge on any atom is 0.340 e. The van der Waals surface area contributed by atoms with Crippen molar-refractivity contribution in [2.24, 2.45) is 5.50 Å². The predicted octanol–water partition coefficient (Wildman–Crippen LogP) is 2.43. The highest BCUT2D eigenvalue weighted by molar-refractivity contribution is 7.53. The highest BCUT2D eigenvalue weighted by Crippen LogP contribution is 2.42. The number of nitrogens with two attached hydrogens (primary N) is 1. The van der Waals surface area contributed by atoms with E-state index in [1.165, 1.54) is 4.67 Å². The third kappa shape index (κ3) is 6.56. The first-order valence-electron chi connectivity index (χ1n) is 4.60. The van der Waals surface area contributed by atoms with Crippen LogP contribution in [0.3, 0.4) is 0 Å². The van der Waals surface area contributed by atoms with E-state index in [0.29, 0.717) is 37.9 Å². The number of halogens is 2. The van der Waals surface area contributed by atoms with E-state index in [1.54, 1.807) is 6.08 Å². The standard InChI is InChI=1S/C8H17Cl2N2O2P/c1-2-3-8-14-15(11,13)12(6-4-9)7-5-10/h2H,1,3-8H2,(H2,11,13)/t15-/m1/s1. The van der Waals surface area contributed by atoms with Crippen molar-refractivity contribution in [1.82, 2.24) is 4.67 Å². The normalized spacial score (nSPS) is 15.2. The van der Waals surface area contributed by atoms with Gasteiger partial charge in [0.2, 0.25) is 0 Å². The van der Waals surface area contributed by atoms with Gasteiger partial charge in [0.25, 0.3) is 0 Å². The minimum absolute atomic E-state index is 0.290. The van der Waals surface area contributed by atoms with Crippen LogP contribution in [-0.2, 0) is 9.09 Å². The fraction of sp³-hybridized carbons (Fsp3) is 0.750. The van der Waals surface area contributed by atoms with E-state index in [9.17, 15) is 4.57 Å². The molecule has 0 amide bonds. The smallest absolute Gasteiger partial charge is 0.306 e. The summed E-state index contributed by atoms with van der Waals surface area (Å²) in [6.45, 7) is 4.62. The van der Waals surface area contributed by atoms with Gasteiger partial charge in [0.15, 0.2) is 0 Å². The molecule has 0 saturated heterocycles. The molecule has 4 nitrogen and oxygen atoms in total. The Balaban J connectivity index is 4.21. The van der Waals surface area contributed by atoms with Crippen molar-refractivity contribution < 1.29 is 9.09 Å². The number of hydrogen-bond acceptors (Lipinski definition) is 2. The lowest BCUT2D eigenvalue weighted by Crippen LogP contribution is -2.29. The Morgan fingerprint density at radius 2 is 1.93 bits per heavy atom. The van der Waals surface area contributed by atoms with Crippen LogP contribution in [0.4, 0.5) is 0 Å². The molecule has 7 heteroatoms. The molecular formula is C8H17Cl2N2O2P. The molecular weight excluding hydrogens is 258 g/mol. The van der Waals surface area contributed by atoms with Crippen LogP contribution in [0.5, 0.6) is 0 Å². The quantitative estimate of drug-likeness (QED) is 0.304. The molecule has 0 aromatic heterocycles. The molecule has 0 aliphatic heterocycles. The third-order valence-electron chi connectivity index (χ3n) is 1.68. The molecule has 90 valence electrons. The zero-order valence-electron chi connectivity index (χ0n) is 8.57. The Labute approximate surface area is 101 Å². The van der Waals surface area contributed by atoms with E-state index in [1.807, 2.05) is 0 Å². The molecule has 0 aliphatic carbocycles. The van der Waals surface area contributed by atoms with Gasteiger partial charge < -0.3 is 4.52 Å². The number of alkyl halides is 2. The summed E-state index contributed by atoms with van der Waals surface area (Å²) in [4.78, 5) is 0. The molecule has 0 aromatic carbocycles. The van der Waals surface area contributed by atoms with Crippen molar-refractivity contribution in [3.63, 3.8) is 0 Å². The maximum atomic E-state index is 11.9. The molecule has 0 heterocycles. The Morgan fingerprint density at radius 3 is 2.33 bits per heavy atom. The molecule has 0 saturated carbocycles. The first kappa shape index (κ1) is 15.4. The van der Waals surface area contributed by atoms with Gasteiger partial charge in [-0.05, 0) is 6.42 Å².